The van der Waals surface area contributed by atoms with Crippen LogP contribution in [-0.2, 0) is 0 Å². The largest absolute Gasteiger partial charge is 0.299 e. The van der Waals surface area contributed by atoms with Gasteiger partial charge in [0.15, 0.2) is 0 Å². The van der Waals surface area contributed by atoms with Gasteiger partial charge in [0.1, 0.15) is 0 Å². The highest BCUT2D eigenvalue weighted by Crippen LogP contribution is 2.14. The van der Waals surface area contributed by atoms with Crippen molar-refractivity contribution in [2.45, 2.75) is 39.0 Å². The number of hydrogen-bond acceptors (Lipinski definition) is 2. The van der Waals surface area contributed by atoms with Crippen molar-refractivity contribution in [3.63, 3.8) is 0 Å². The molecule has 2 fully saturated rings. The number of likely N-dealkylation sites (tertiary alicyclic amines) is 2. The number of piperidine rings is 1. The lowest BCUT2D eigenvalue weighted by atomic mass is 10.1. The molecular formula is C14H26N2. The van der Waals surface area contributed by atoms with Crippen molar-refractivity contribution in [1.82, 2.24) is 9.80 Å². The van der Waals surface area contributed by atoms with Crippen LogP contribution in [0.5, 0.6) is 0 Å². The van der Waals surface area contributed by atoms with Gasteiger partial charge in [0, 0.05) is 13.1 Å². The Kier molecular flexibility index (Phi) is 4.86. The number of hydrogen-bond donors (Lipinski definition) is 0. The lowest BCUT2D eigenvalue weighted by Gasteiger charge is -2.28. The fraction of sp³-hybridized carbons (Fsp3) is 0.857. The van der Waals surface area contributed by atoms with Crippen LogP contribution in [0.3, 0.4) is 0 Å². The maximum absolute atomic E-state index is 2.63. The van der Waals surface area contributed by atoms with E-state index in [0.717, 1.165) is 0 Å². The molecule has 0 radical (unpaired) electrons. The van der Waals surface area contributed by atoms with Gasteiger partial charge in [0.25, 0.3) is 0 Å². The Balaban J connectivity index is 1.75. The molecule has 0 N–H and O–H groups in total. The summed E-state index contributed by atoms with van der Waals surface area (Å²) in [4.78, 5) is 5.24. The molecule has 0 unspecified atom stereocenters. The van der Waals surface area contributed by atoms with E-state index >= 15 is 0 Å². The minimum Gasteiger partial charge on any atom is -0.299 e. The monoisotopic (exact) mass is 222 g/mol. The van der Waals surface area contributed by atoms with E-state index in [2.05, 4.69) is 22.8 Å². The minimum atomic E-state index is 1.22. The zero-order chi connectivity index (χ0) is 11.2. The highest BCUT2D eigenvalue weighted by atomic mass is 15.2. The predicted octanol–water partition coefficient (Wildman–Crippen LogP) is 2.51. The molecule has 0 amide bonds. The normalized spacial score (nSPS) is 25.2. The van der Waals surface area contributed by atoms with Crippen molar-refractivity contribution in [3.05, 3.63) is 11.6 Å². The molecule has 0 spiro atoms. The number of allylic oxidation sites excluding steroid dienone is 1. The van der Waals surface area contributed by atoms with Crippen LogP contribution in [0.25, 0.3) is 0 Å². The maximum Gasteiger partial charge on any atom is 0.0205 e. The topological polar surface area (TPSA) is 6.48 Å². The Labute approximate surface area is 100 Å². The SMILES string of the molecule is C/C=C(/CN1CCCCC1)CN1CCCC1. The summed E-state index contributed by atoms with van der Waals surface area (Å²) in [6.07, 6.45) is 9.39. The van der Waals surface area contributed by atoms with Crippen LogP contribution in [0.1, 0.15) is 39.0 Å². The standard InChI is InChI=1S/C14H26N2/c1-2-14(13-16-10-6-7-11-16)12-15-8-4-3-5-9-15/h2H,3-13H2,1H3/b14-2-. The van der Waals surface area contributed by atoms with Crippen molar-refractivity contribution in [1.29, 1.82) is 0 Å². The van der Waals surface area contributed by atoms with E-state index < -0.39 is 0 Å². The van der Waals surface area contributed by atoms with Crippen LogP contribution in [0.2, 0.25) is 0 Å². The van der Waals surface area contributed by atoms with Crippen molar-refractivity contribution >= 4 is 0 Å². The lowest BCUT2D eigenvalue weighted by Crippen LogP contribution is -2.34. The minimum absolute atomic E-state index is 1.22. The summed E-state index contributed by atoms with van der Waals surface area (Å²) in [5.74, 6) is 0. The van der Waals surface area contributed by atoms with Gasteiger partial charge in [0.05, 0.1) is 0 Å². The molecule has 0 atom stereocenters. The van der Waals surface area contributed by atoms with E-state index in [4.69, 9.17) is 0 Å². The Hall–Kier alpha value is -0.340. The van der Waals surface area contributed by atoms with Gasteiger partial charge >= 0.3 is 0 Å². The maximum atomic E-state index is 2.63. The highest BCUT2D eigenvalue weighted by molar-refractivity contribution is 5.06. The Morgan fingerprint density at radius 1 is 0.812 bits per heavy atom. The van der Waals surface area contributed by atoms with Crippen LogP contribution in [0.15, 0.2) is 11.6 Å². The number of nitrogens with zero attached hydrogens (tertiary/aromatic N) is 2. The van der Waals surface area contributed by atoms with Crippen molar-refractivity contribution in [3.8, 4) is 0 Å². The summed E-state index contributed by atoms with van der Waals surface area (Å²) in [5.41, 5.74) is 1.63. The van der Waals surface area contributed by atoms with E-state index in [9.17, 15) is 0 Å². The summed E-state index contributed by atoms with van der Waals surface area (Å²) in [6, 6.07) is 0. The quantitative estimate of drug-likeness (QED) is 0.674. The fourth-order valence-electron chi connectivity index (χ4n) is 2.87. The molecular weight excluding hydrogens is 196 g/mol. The van der Waals surface area contributed by atoms with Gasteiger partial charge in [-0.25, -0.2) is 0 Å². The molecule has 2 aliphatic rings. The molecule has 16 heavy (non-hydrogen) atoms. The van der Waals surface area contributed by atoms with Crippen molar-refractivity contribution in [2.75, 3.05) is 39.3 Å². The second kappa shape index (κ2) is 6.41. The third-order valence-electron chi connectivity index (χ3n) is 3.91. The first-order chi connectivity index (χ1) is 7.88. The third-order valence-corrected chi connectivity index (χ3v) is 3.91. The van der Waals surface area contributed by atoms with Gasteiger partial charge in [-0.2, -0.15) is 0 Å². The van der Waals surface area contributed by atoms with Crippen LogP contribution in [0.4, 0.5) is 0 Å². The Bertz CT molecular complexity index is 223. The van der Waals surface area contributed by atoms with Crippen molar-refractivity contribution < 1.29 is 0 Å². The second-order valence-corrected chi connectivity index (χ2v) is 5.27. The number of rotatable bonds is 4. The van der Waals surface area contributed by atoms with E-state index in [1.165, 1.54) is 71.4 Å². The molecule has 0 aromatic heterocycles. The van der Waals surface area contributed by atoms with Gasteiger partial charge in [0.2, 0.25) is 0 Å². The van der Waals surface area contributed by atoms with Crippen LogP contribution >= 0.6 is 0 Å². The summed E-state index contributed by atoms with van der Waals surface area (Å²) >= 11 is 0. The first-order valence-electron chi connectivity index (χ1n) is 6.97. The van der Waals surface area contributed by atoms with Crippen molar-refractivity contribution in [2.24, 2.45) is 0 Å². The molecule has 0 aromatic rings. The molecule has 0 saturated carbocycles. The Morgan fingerprint density at radius 2 is 1.25 bits per heavy atom. The molecule has 0 bridgehead atoms. The molecule has 92 valence electrons. The van der Waals surface area contributed by atoms with Gasteiger partial charge in [-0.1, -0.05) is 12.5 Å². The summed E-state index contributed by atoms with van der Waals surface area (Å²) in [5, 5.41) is 0. The first-order valence-corrected chi connectivity index (χ1v) is 6.97. The highest BCUT2D eigenvalue weighted by Gasteiger charge is 2.15. The fourth-order valence-corrected chi connectivity index (χ4v) is 2.87. The molecule has 2 saturated heterocycles. The molecule has 0 aliphatic carbocycles. The molecule has 2 aliphatic heterocycles. The predicted molar refractivity (Wildman–Crippen MR) is 69.7 cm³/mol. The van der Waals surface area contributed by atoms with E-state index in [1.54, 1.807) is 5.57 Å². The van der Waals surface area contributed by atoms with E-state index in [-0.39, 0.29) is 0 Å². The average molecular weight is 222 g/mol. The summed E-state index contributed by atoms with van der Waals surface area (Å²) in [6.45, 7) is 9.90. The average Bonchev–Trinajstić information content (AvgIpc) is 2.82. The zero-order valence-electron chi connectivity index (χ0n) is 10.7. The lowest BCUT2D eigenvalue weighted by molar-refractivity contribution is 0.238. The van der Waals surface area contributed by atoms with Gasteiger partial charge in [-0.05, 0) is 64.4 Å². The van der Waals surface area contributed by atoms with Gasteiger partial charge in [-0.3, -0.25) is 9.80 Å². The van der Waals surface area contributed by atoms with E-state index in [0.29, 0.717) is 0 Å². The van der Waals surface area contributed by atoms with Gasteiger partial charge < -0.3 is 0 Å². The van der Waals surface area contributed by atoms with Crippen LogP contribution in [-0.4, -0.2) is 49.1 Å². The smallest absolute Gasteiger partial charge is 0.0205 e. The second-order valence-electron chi connectivity index (χ2n) is 5.27. The van der Waals surface area contributed by atoms with E-state index in [1.807, 2.05) is 0 Å². The first kappa shape index (κ1) is 12.1. The Morgan fingerprint density at radius 3 is 1.69 bits per heavy atom. The van der Waals surface area contributed by atoms with Gasteiger partial charge in [-0.15, -0.1) is 0 Å². The zero-order valence-corrected chi connectivity index (χ0v) is 10.7. The van der Waals surface area contributed by atoms with Crippen LogP contribution < -0.4 is 0 Å². The molecule has 2 nitrogen and oxygen atoms in total. The van der Waals surface area contributed by atoms with Crippen LogP contribution in [0, 0.1) is 0 Å². The summed E-state index contributed by atoms with van der Waals surface area (Å²) < 4.78 is 0. The molecule has 0 aromatic carbocycles. The molecule has 2 rings (SSSR count). The molecule has 2 heterocycles. The third kappa shape index (κ3) is 3.60. The summed E-state index contributed by atoms with van der Waals surface area (Å²) in [7, 11) is 0. The molecule has 2 heteroatoms.